The van der Waals surface area contributed by atoms with Crippen molar-refractivity contribution in [2.45, 2.75) is 71.3 Å². The van der Waals surface area contributed by atoms with Crippen LogP contribution in [-0.2, 0) is 6.42 Å². The molecule has 2 atom stereocenters. The lowest BCUT2D eigenvalue weighted by Crippen LogP contribution is -2.40. The molecule has 0 aliphatic heterocycles. The molecule has 1 saturated carbocycles. The fraction of sp³-hybridized carbons (Fsp3) is 0.778. The van der Waals surface area contributed by atoms with E-state index in [-0.39, 0.29) is 5.54 Å². The summed E-state index contributed by atoms with van der Waals surface area (Å²) in [6, 6.07) is 2.30. The van der Waals surface area contributed by atoms with E-state index in [9.17, 15) is 0 Å². The van der Waals surface area contributed by atoms with Crippen LogP contribution >= 0.6 is 11.3 Å². The normalized spacial score (nSPS) is 24.6. The van der Waals surface area contributed by atoms with Crippen LogP contribution < -0.4 is 5.32 Å². The Morgan fingerprint density at radius 2 is 1.90 bits per heavy atom. The van der Waals surface area contributed by atoms with Crippen LogP contribution in [0.5, 0.6) is 0 Å². The molecule has 20 heavy (non-hydrogen) atoms. The molecule has 0 amide bonds. The summed E-state index contributed by atoms with van der Waals surface area (Å²) in [5, 5.41) is 8.27. The molecule has 1 fully saturated rings. The van der Waals surface area contributed by atoms with E-state index in [1.807, 2.05) is 11.3 Å². The standard InChI is InChI=1S/C18H31NS/c1-18(2,3)19-13-17-8-6-4-5-7-16(17)10-9-15-11-12-20-14-15/h11-12,14,16-17,19H,4-10,13H2,1-3H3. The van der Waals surface area contributed by atoms with Gasteiger partial charge in [-0.2, -0.15) is 11.3 Å². The molecule has 1 aromatic rings. The lowest BCUT2D eigenvalue weighted by molar-refractivity contribution is 0.259. The van der Waals surface area contributed by atoms with Crippen molar-refractivity contribution < 1.29 is 0 Å². The second-order valence-electron chi connectivity index (χ2n) is 7.46. The lowest BCUT2D eigenvalue weighted by Gasteiger charge is -2.29. The van der Waals surface area contributed by atoms with Gasteiger partial charge in [-0.25, -0.2) is 0 Å². The quantitative estimate of drug-likeness (QED) is 0.730. The Labute approximate surface area is 129 Å². The molecule has 114 valence electrons. The minimum absolute atomic E-state index is 0.254. The van der Waals surface area contributed by atoms with Gasteiger partial charge in [0, 0.05) is 5.54 Å². The maximum absolute atomic E-state index is 3.74. The van der Waals surface area contributed by atoms with Crippen molar-refractivity contribution in [3.8, 4) is 0 Å². The Bertz CT molecular complexity index is 363. The third-order valence-corrected chi connectivity index (χ3v) is 5.33. The van der Waals surface area contributed by atoms with Gasteiger partial charge in [-0.3, -0.25) is 0 Å². The highest BCUT2D eigenvalue weighted by Crippen LogP contribution is 2.32. The molecule has 2 heteroatoms. The van der Waals surface area contributed by atoms with Gasteiger partial charge in [-0.1, -0.05) is 25.7 Å². The number of thiophene rings is 1. The molecule has 1 N–H and O–H groups in total. The summed E-state index contributed by atoms with van der Waals surface area (Å²) in [6.45, 7) is 8.05. The van der Waals surface area contributed by atoms with E-state index in [4.69, 9.17) is 0 Å². The number of hydrogen-bond acceptors (Lipinski definition) is 2. The molecule has 0 saturated heterocycles. The largest absolute Gasteiger partial charge is 0.312 e. The number of nitrogens with one attached hydrogen (secondary N) is 1. The molecule has 2 rings (SSSR count). The number of rotatable bonds is 5. The van der Waals surface area contributed by atoms with Crippen LogP contribution in [0.25, 0.3) is 0 Å². The Balaban J connectivity index is 1.87. The molecule has 2 unspecified atom stereocenters. The van der Waals surface area contributed by atoms with Crippen LogP contribution in [0.15, 0.2) is 16.8 Å². The minimum atomic E-state index is 0.254. The van der Waals surface area contributed by atoms with E-state index < -0.39 is 0 Å². The zero-order chi connectivity index (χ0) is 14.4. The summed E-state index contributed by atoms with van der Waals surface area (Å²) >= 11 is 1.83. The van der Waals surface area contributed by atoms with E-state index in [0.717, 1.165) is 11.8 Å². The van der Waals surface area contributed by atoms with Crippen molar-refractivity contribution in [1.82, 2.24) is 5.32 Å². The van der Waals surface area contributed by atoms with E-state index in [1.165, 1.54) is 51.5 Å². The van der Waals surface area contributed by atoms with E-state index in [1.54, 1.807) is 5.56 Å². The monoisotopic (exact) mass is 293 g/mol. The first-order valence-corrected chi connectivity index (χ1v) is 9.25. The molecule has 1 aliphatic rings. The minimum Gasteiger partial charge on any atom is -0.312 e. The van der Waals surface area contributed by atoms with Gasteiger partial charge in [-0.05, 0) is 80.8 Å². The van der Waals surface area contributed by atoms with Crippen molar-refractivity contribution in [1.29, 1.82) is 0 Å². The van der Waals surface area contributed by atoms with Gasteiger partial charge >= 0.3 is 0 Å². The van der Waals surface area contributed by atoms with Crippen molar-refractivity contribution in [3.05, 3.63) is 22.4 Å². The molecule has 0 spiro atoms. The lowest BCUT2D eigenvalue weighted by atomic mass is 9.83. The van der Waals surface area contributed by atoms with Gasteiger partial charge in [0.1, 0.15) is 0 Å². The first-order valence-electron chi connectivity index (χ1n) is 8.31. The third-order valence-electron chi connectivity index (χ3n) is 4.59. The summed E-state index contributed by atoms with van der Waals surface area (Å²) < 4.78 is 0. The van der Waals surface area contributed by atoms with Gasteiger partial charge in [-0.15, -0.1) is 0 Å². The highest BCUT2D eigenvalue weighted by atomic mass is 32.1. The molecule has 0 aromatic carbocycles. The van der Waals surface area contributed by atoms with Crippen molar-refractivity contribution in [2.24, 2.45) is 11.8 Å². The first-order chi connectivity index (χ1) is 9.54. The summed E-state index contributed by atoms with van der Waals surface area (Å²) in [5.74, 6) is 1.81. The fourth-order valence-electron chi connectivity index (χ4n) is 3.33. The van der Waals surface area contributed by atoms with Crippen molar-refractivity contribution in [2.75, 3.05) is 6.54 Å². The first kappa shape index (κ1) is 16.0. The van der Waals surface area contributed by atoms with Gasteiger partial charge in [0.2, 0.25) is 0 Å². The van der Waals surface area contributed by atoms with Crippen LogP contribution in [0, 0.1) is 11.8 Å². The summed E-state index contributed by atoms with van der Waals surface area (Å²) in [6.07, 6.45) is 9.86. The zero-order valence-corrected chi connectivity index (χ0v) is 14.3. The number of aryl methyl sites for hydroxylation is 1. The van der Waals surface area contributed by atoms with Gasteiger partial charge in [0.25, 0.3) is 0 Å². The third kappa shape index (κ3) is 5.57. The SMILES string of the molecule is CC(C)(C)NCC1CCCCCC1CCc1ccsc1. The topological polar surface area (TPSA) is 12.0 Å². The maximum Gasteiger partial charge on any atom is 0.00966 e. The summed E-state index contributed by atoms with van der Waals surface area (Å²) in [4.78, 5) is 0. The summed E-state index contributed by atoms with van der Waals surface area (Å²) in [7, 11) is 0. The Hall–Kier alpha value is -0.340. The van der Waals surface area contributed by atoms with Crippen LogP contribution in [0.1, 0.15) is 64.9 Å². The van der Waals surface area contributed by atoms with E-state index in [2.05, 4.69) is 42.9 Å². The highest BCUT2D eigenvalue weighted by Gasteiger charge is 2.24. The second-order valence-corrected chi connectivity index (χ2v) is 8.24. The average molecular weight is 294 g/mol. The molecular formula is C18H31NS. The smallest absolute Gasteiger partial charge is 0.00966 e. The molecular weight excluding hydrogens is 262 g/mol. The van der Waals surface area contributed by atoms with Crippen LogP contribution in [0.3, 0.4) is 0 Å². The van der Waals surface area contributed by atoms with E-state index >= 15 is 0 Å². The van der Waals surface area contributed by atoms with Gasteiger partial charge in [0.15, 0.2) is 0 Å². The molecule has 1 nitrogen and oxygen atoms in total. The summed E-state index contributed by atoms with van der Waals surface area (Å²) in [5.41, 5.74) is 1.80. The fourth-order valence-corrected chi connectivity index (χ4v) is 4.04. The van der Waals surface area contributed by atoms with Crippen LogP contribution in [-0.4, -0.2) is 12.1 Å². The maximum atomic E-state index is 3.74. The Kier molecular flexibility index (Phi) is 6.10. The zero-order valence-electron chi connectivity index (χ0n) is 13.5. The number of hydrogen-bond donors (Lipinski definition) is 1. The van der Waals surface area contributed by atoms with Crippen LogP contribution in [0.2, 0.25) is 0 Å². The van der Waals surface area contributed by atoms with Gasteiger partial charge in [0.05, 0.1) is 0 Å². The predicted molar refractivity (Wildman–Crippen MR) is 90.5 cm³/mol. The molecule has 0 bridgehead atoms. The van der Waals surface area contributed by atoms with E-state index in [0.29, 0.717) is 0 Å². The second kappa shape index (κ2) is 7.61. The predicted octanol–water partition coefficient (Wildman–Crippen LogP) is 5.27. The average Bonchev–Trinajstić information content (AvgIpc) is 2.79. The van der Waals surface area contributed by atoms with Crippen LogP contribution in [0.4, 0.5) is 0 Å². The Morgan fingerprint density at radius 1 is 1.15 bits per heavy atom. The van der Waals surface area contributed by atoms with Crippen molar-refractivity contribution in [3.63, 3.8) is 0 Å². The molecule has 1 aliphatic carbocycles. The van der Waals surface area contributed by atoms with Crippen molar-refractivity contribution >= 4 is 11.3 Å². The molecule has 1 heterocycles. The molecule has 1 aromatic heterocycles. The van der Waals surface area contributed by atoms with Gasteiger partial charge < -0.3 is 5.32 Å². The Morgan fingerprint density at radius 3 is 2.55 bits per heavy atom. The molecule has 0 radical (unpaired) electrons. The highest BCUT2D eigenvalue weighted by molar-refractivity contribution is 7.07.